The van der Waals surface area contributed by atoms with Crippen LogP contribution in [0.15, 0.2) is 36.4 Å². The van der Waals surface area contributed by atoms with Gasteiger partial charge in [0.2, 0.25) is 0 Å². The van der Waals surface area contributed by atoms with Crippen LogP contribution in [-0.4, -0.2) is 4.92 Å². The summed E-state index contributed by atoms with van der Waals surface area (Å²) in [6.45, 7) is 0. The summed E-state index contributed by atoms with van der Waals surface area (Å²) in [6, 6.07) is 6.50. The number of hydrogen-bond acceptors (Lipinski definition) is 2. The van der Waals surface area contributed by atoms with E-state index in [0.29, 0.717) is 17.7 Å². The van der Waals surface area contributed by atoms with Gasteiger partial charge in [-0.15, -0.1) is 0 Å². The summed E-state index contributed by atoms with van der Waals surface area (Å²) in [7, 11) is 0. The Morgan fingerprint density at radius 1 is 1.00 bits per heavy atom. The van der Waals surface area contributed by atoms with E-state index in [0.717, 1.165) is 0 Å². The predicted molar refractivity (Wildman–Crippen MR) is 62.2 cm³/mol. The first-order valence-corrected chi connectivity index (χ1v) is 5.34. The molecule has 0 saturated carbocycles. The largest absolute Gasteiger partial charge is 0.269 e. The zero-order valence-corrected chi connectivity index (χ0v) is 9.57. The fourth-order valence-electron chi connectivity index (χ4n) is 1.68. The molecule has 19 heavy (non-hydrogen) atoms. The van der Waals surface area contributed by atoms with E-state index in [-0.39, 0.29) is 17.7 Å². The summed E-state index contributed by atoms with van der Waals surface area (Å²) in [4.78, 5) is 9.89. The summed E-state index contributed by atoms with van der Waals surface area (Å²) in [6.07, 6.45) is -0.101. The first kappa shape index (κ1) is 13.1. The van der Waals surface area contributed by atoms with Crippen LogP contribution in [0.4, 0.5) is 18.9 Å². The Labute approximate surface area is 106 Å². The fourth-order valence-corrected chi connectivity index (χ4v) is 1.68. The first-order chi connectivity index (χ1) is 8.97. The monoisotopic (exact) mass is 267 g/mol. The fraction of sp³-hybridized carbons (Fsp3) is 0.0769. The second kappa shape index (κ2) is 5.09. The van der Waals surface area contributed by atoms with E-state index in [1.165, 1.54) is 24.3 Å². The summed E-state index contributed by atoms with van der Waals surface area (Å²) in [5.41, 5.74) is 0.120. The second-order valence-electron chi connectivity index (χ2n) is 3.95. The Bertz CT molecular complexity index is 603. The van der Waals surface area contributed by atoms with Gasteiger partial charge in [-0.25, -0.2) is 13.2 Å². The molecule has 0 bridgehead atoms. The van der Waals surface area contributed by atoms with Gasteiger partial charge < -0.3 is 0 Å². The molecule has 0 aliphatic heterocycles. The third-order valence-electron chi connectivity index (χ3n) is 2.63. The highest BCUT2D eigenvalue weighted by Gasteiger charge is 2.12. The Morgan fingerprint density at radius 3 is 2.00 bits per heavy atom. The van der Waals surface area contributed by atoms with Crippen molar-refractivity contribution in [3.8, 4) is 0 Å². The molecule has 0 saturated heterocycles. The molecule has 3 nitrogen and oxygen atoms in total. The number of hydrogen-bond donors (Lipinski definition) is 0. The standard InChI is InChI=1S/C13H8F3NO2/c14-9-6-12(15)11(13(16)7-9)5-8-1-3-10(4-2-8)17(18)19/h1-4,6-7H,5H2. The molecule has 0 aromatic heterocycles. The molecule has 0 amide bonds. The van der Waals surface area contributed by atoms with Crippen LogP contribution < -0.4 is 0 Å². The highest BCUT2D eigenvalue weighted by atomic mass is 19.1. The summed E-state index contributed by atoms with van der Waals surface area (Å²) < 4.78 is 39.6. The van der Waals surface area contributed by atoms with Gasteiger partial charge in [0.1, 0.15) is 17.5 Å². The van der Waals surface area contributed by atoms with Gasteiger partial charge in [0, 0.05) is 36.2 Å². The smallest absolute Gasteiger partial charge is 0.258 e. The maximum atomic E-state index is 13.4. The summed E-state index contributed by atoms with van der Waals surface area (Å²) in [5.74, 6) is -2.94. The number of rotatable bonds is 3. The van der Waals surface area contributed by atoms with Crippen LogP contribution in [0, 0.1) is 27.6 Å². The molecule has 0 radical (unpaired) electrons. The van der Waals surface area contributed by atoms with Crippen LogP contribution in [0.5, 0.6) is 0 Å². The van der Waals surface area contributed by atoms with Crippen molar-refractivity contribution in [1.29, 1.82) is 0 Å². The van der Waals surface area contributed by atoms with Crippen LogP contribution in [0.25, 0.3) is 0 Å². The summed E-state index contributed by atoms with van der Waals surface area (Å²) in [5, 5.41) is 10.5. The van der Waals surface area contributed by atoms with E-state index in [2.05, 4.69) is 0 Å². The van der Waals surface area contributed by atoms with E-state index < -0.39 is 22.4 Å². The zero-order chi connectivity index (χ0) is 14.0. The summed E-state index contributed by atoms with van der Waals surface area (Å²) >= 11 is 0. The van der Waals surface area contributed by atoms with Gasteiger partial charge in [-0.2, -0.15) is 0 Å². The molecule has 0 N–H and O–H groups in total. The molecule has 98 valence electrons. The van der Waals surface area contributed by atoms with Gasteiger partial charge in [0.15, 0.2) is 0 Å². The lowest BCUT2D eigenvalue weighted by atomic mass is 10.0. The van der Waals surface area contributed by atoms with Crippen LogP contribution in [0.2, 0.25) is 0 Å². The maximum Gasteiger partial charge on any atom is 0.269 e. The number of nitro groups is 1. The Kier molecular flexibility index (Phi) is 3.50. The van der Waals surface area contributed by atoms with E-state index in [4.69, 9.17) is 0 Å². The molecular weight excluding hydrogens is 259 g/mol. The van der Waals surface area contributed by atoms with Gasteiger partial charge in [0.25, 0.3) is 5.69 Å². The molecule has 0 aliphatic carbocycles. The second-order valence-corrected chi connectivity index (χ2v) is 3.95. The highest BCUT2D eigenvalue weighted by molar-refractivity contribution is 5.36. The van der Waals surface area contributed by atoms with Crippen LogP contribution in [-0.2, 0) is 6.42 Å². The van der Waals surface area contributed by atoms with E-state index >= 15 is 0 Å². The molecule has 2 aromatic rings. The molecule has 0 heterocycles. The van der Waals surface area contributed by atoms with Crippen molar-refractivity contribution in [3.63, 3.8) is 0 Å². The normalized spacial score (nSPS) is 10.5. The highest BCUT2D eigenvalue weighted by Crippen LogP contribution is 2.20. The van der Waals surface area contributed by atoms with Crippen molar-refractivity contribution in [3.05, 3.63) is 75.1 Å². The lowest BCUT2D eigenvalue weighted by Crippen LogP contribution is -1.99. The molecule has 2 rings (SSSR count). The van der Waals surface area contributed by atoms with Crippen LogP contribution in [0.3, 0.4) is 0 Å². The van der Waals surface area contributed by atoms with Crippen LogP contribution in [0.1, 0.15) is 11.1 Å². The van der Waals surface area contributed by atoms with Gasteiger partial charge in [-0.05, 0) is 5.56 Å². The first-order valence-electron chi connectivity index (χ1n) is 5.34. The van der Waals surface area contributed by atoms with Crippen molar-refractivity contribution in [2.75, 3.05) is 0 Å². The minimum Gasteiger partial charge on any atom is -0.258 e. The van der Waals surface area contributed by atoms with Crippen molar-refractivity contribution < 1.29 is 18.1 Å². The number of nitro benzene ring substituents is 1. The molecule has 0 unspecified atom stereocenters. The lowest BCUT2D eigenvalue weighted by Gasteiger charge is -2.05. The van der Waals surface area contributed by atoms with Gasteiger partial charge in [-0.3, -0.25) is 10.1 Å². The van der Waals surface area contributed by atoms with Gasteiger partial charge >= 0.3 is 0 Å². The maximum absolute atomic E-state index is 13.4. The molecule has 0 spiro atoms. The number of halogens is 3. The average molecular weight is 267 g/mol. The van der Waals surface area contributed by atoms with E-state index in [1.807, 2.05) is 0 Å². The quantitative estimate of drug-likeness (QED) is 0.630. The minimum absolute atomic E-state index is 0.101. The number of nitrogens with zero attached hydrogens (tertiary/aromatic N) is 1. The predicted octanol–water partition coefficient (Wildman–Crippen LogP) is 3.60. The lowest BCUT2D eigenvalue weighted by molar-refractivity contribution is -0.384. The van der Waals surface area contributed by atoms with E-state index in [9.17, 15) is 23.3 Å². The third kappa shape index (κ3) is 2.90. The van der Waals surface area contributed by atoms with Crippen molar-refractivity contribution in [2.45, 2.75) is 6.42 Å². The van der Waals surface area contributed by atoms with Gasteiger partial charge in [0.05, 0.1) is 4.92 Å². The van der Waals surface area contributed by atoms with Crippen molar-refractivity contribution in [1.82, 2.24) is 0 Å². The molecular formula is C13H8F3NO2. The molecule has 0 aliphatic rings. The van der Waals surface area contributed by atoms with Gasteiger partial charge in [-0.1, -0.05) is 12.1 Å². The Morgan fingerprint density at radius 2 is 1.53 bits per heavy atom. The average Bonchev–Trinajstić information content (AvgIpc) is 2.34. The minimum atomic E-state index is -0.984. The Balaban J connectivity index is 2.29. The van der Waals surface area contributed by atoms with Crippen molar-refractivity contribution in [2.24, 2.45) is 0 Å². The van der Waals surface area contributed by atoms with E-state index in [1.54, 1.807) is 0 Å². The topological polar surface area (TPSA) is 43.1 Å². The molecule has 0 atom stereocenters. The SMILES string of the molecule is O=[N+]([O-])c1ccc(Cc2c(F)cc(F)cc2F)cc1. The van der Waals surface area contributed by atoms with Crippen molar-refractivity contribution >= 4 is 5.69 Å². The number of benzene rings is 2. The molecule has 2 aromatic carbocycles. The number of non-ortho nitro benzene ring substituents is 1. The molecule has 6 heteroatoms. The Hall–Kier alpha value is -2.37. The zero-order valence-electron chi connectivity index (χ0n) is 9.57. The third-order valence-corrected chi connectivity index (χ3v) is 2.63. The van der Waals surface area contributed by atoms with Crippen LogP contribution >= 0.6 is 0 Å². The molecule has 0 fully saturated rings.